The average molecular weight is 168 g/mol. The fraction of sp³-hybridized carbons (Fsp3) is 0.429. The Balaban J connectivity index is 2.21. The van der Waals surface area contributed by atoms with Crippen molar-refractivity contribution in [1.29, 1.82) is 0 Å². The highest BCUT2D eigenvalue weighted by molar-refractivity contribution is 5.87. The van der Waals surface area contributed by atoms with E-state index in [0.29, 0.717) is 6.42 Å². The summed E-state index contributed by atoms with van der Waals surface area (Å²) in [6.07, 6.45) is 0.147. The summed E-state index contributed by atoms with van der Waals surface area (Å²) in [5.74, 6) is -0.565. The lowest BCUT2D eigenvalue weighted by Crippen LogP contribution is -2.43. The van der Waals surface area contributed by atoms with Crippen LogP contribution in [0.3, 0.4) is 0 Å². The molecule has 5 heteroatoms. The fourth-order valence-electron chi connectivity index (χ4n) is 1.59. The van der Waals surface area contributed by atoms with Crippen molar-refractivity contribution in [2.75, 3.05) is 0 Å². The molecule has 1 aliphatic carbocycles. The molecule has 0 spiro atoms. The van der Waals surface area contributed by atoms with Crippen LogP contribution in [0.5, 0.6) is 0 Å². The van der Waals surface area contributed by atoms with Crippen LogP contribution in [0.1, 0.15) is 12.8 Å². The normalized spacial score (nSPS) is 25.7. The number of carbonyl (C=O) groups is 2. The van der Waals surface area contributed by atoms with Gasteiger partial charge in [0.25, 0.3) is 0 Å². The van der Waals surface area contributed by atoms with E-state index in [1.165, 1.54) is 0 Å². The second-order valence-corrected chi connectivity index (χ2v) is 3.00. The molecule has 0 fully saturated rings. The van der Waals surface area contributed by atoms with Gasteiger partial charge in [-0.15, -0.1) is 0 Å². The van der Waals surface area contributed by atoms with Gasteiger partial charge in [-0.25, -0.2) is 4.79 Å². The number of piperidine rings is 1. The van der Waals surface area contributed by atoms with Crippen molar-refractivity contribution in [2.24, 2.45) is 5.73 Å². The summed E-state index contributed by atoms with van der Waals surface area (Å²) in [5, 5.41) is 8.71. The van der Waals surface area contributed by atoms with Crippen molar-refractivity contribution >= 4 is 12.0 Å². The first kappa shape index (κ1) is 7.15. The Hall–Kier alpha value is -1.52. The number of amides is 2. The quantitative estimate of drug-likeness (QED) is 0.572. The molecule has 0 bridgehead atoms. The van der Waals surface area contributed by atoms with E-state index in [9.17, 15) is 9.59 Å². The average Bonchev–Trinajstić information content (AvgIpc) is 2.60. The minimum atomic E-state index is -1.08. The van der Waals surface area contributed by atoms with Crippen LogP contribution in [-0.4, -0.2) is 28.0 Å². The molecule has 2 rings (SSSR count). The topological polar surface area (TPSA) is 83.6 Å². The maximum Gasteiger partial charge on any atom is 0.412 e. The second kappa shape index (κ2) is 2.00. The minimum Gasteiger partial charge on any atom is -0.465 e. The molecule has 1 aliphatic heterocycles. The maximum atomic E-state index is 10.8. The van der Waals surface area contributed by atoms with E-state index in [1.807, 2.05) is 0 Å². The molecule has 1 atom stereocenters. The van der Waals surface area contributed by atoms with E-state index in [2.05, 4.69) is 0 Å². The standard InChI is InChI=1S/C7H8N2O3/c8-6(10)5-2-3-1-4(3)9(5)7(11)12/h5H,1-2H2,(H2,8,10)(H,11,12)/t5-/m0/s1. The first-order valence-corrected chi connectivity index (χ1v) is 3.63. The van der Waals surface area contributed by atoms with E-state index >= 15 is 0 Å². The molecule has 0 saturated heterocycles. The Morgan fingerprint density at radius 3 is 2.67 bits per heavy atom. The SMILES string of the molecule is NC(=O)[C@@H]1CC2=C(C2)N1C(=O)O. The largest absolute Gasteiger partial charge is 0.465 e. The molecule has 0 aromatic heterocycles. The molecule has 2 aliphatic rings. The van der Waals surface area contributed by atoms with Crippen molar-refractivity contribution in [2.45, 2.75) is 18.9 Å². The summed E-state index contributed by atoms with van der Waals surface area (Å²) in [5.41, 5.74) is 6.86. The van der Waals surface area contributed by atoms with Gasteiger partial charge in [-0.05, 0) is 5.57 Å². The number of hydrogen-bond donors (Lipinski definition) is 2. The van der Waals surface area contributed by atoms with E-state index in [4.69, 9.17) is 10.8 Å². The fourth-order valence-corrected chi connectivity index (χ4v) is 1.59. The van der Waals surface area contributed by atoms with Gasteiger partial charge in [-0.3, -0.25) is 9.69 Å². The van der Waals surface area contributed by atoms with E-state index < -0.39 is 18.0 Å². The highest BCUT2D eigenvalue weighted by Gasteiger charge is 2.46. The number of primary amides is 1. The summed E-state index contributed by atoms with van der Waals surface area (Å²) in [6, 6.07) is -0.652. The molecule has 64 valence electrons. The summed E-state index contributed by atoms with van der Waals surface area (Å²) in [6.45, 7) is 0. The number of carboxylic acid groups (broad SMARTS) is 1. The molecule has 0 aromatic carbocycles. The van der Waals surface area contributed by atoms with Crippen LogP contribution >= 0.6 is 0 Å². The summed E-state index contributed by atoms with van der Waals surface area (Å²) in [4.78, 5) is 22.5. The van der Waals surface area contributed by atoms with Gasteiger partial charge in [0.05, 0.1) is 0 Å². The predicted molar refractivity (Wildman–Crippen MR) is 39.1 cm³/mol. The third-order valence-electron chi connectivity index (χ3n) is 2.24. The van der Waals surface area contributed by atoms with Crippen molar-refractivity contribution in [3.05, 3.63) is 11.3 Å². The molecule has 0 aromatic rings. The van der Waals surface area contributed by atoms with Gasteiger partial charge in [0.2, 0.25) is 5.91 Å². The number of carbonyl (C=O) groups excluding carboxylic acids is 1. The zero-order valence-electron chi connectivity index (χ0n) is 6.28. The number of likely N-dealkylation sites (tertiary alicyclic amines) is 1. The van der Waals surface area contributed by atoms with Gasteiger partial charge in [0.15, 0.2) is 0 Å². The molecule has 1 heterocycles. The monoisotopic (exact) mass is 168 g/mol. The molecule has 0 radical (unpaired) electrons. The van der Waals surface area contributed by atoms with Crippen LogP contribution in [-0.2, 0) is 4.79 Å². The second-order valence-electron chi connectivity index (χ2n) is 3.00. The summed E-state index contributed by atoms with van der Waals surface area (Å²) >= 11 is 0. The number of nitrogens with zero attached hydrogens (tertiary/aromatic N) is 1. The highest BCUT2D eigenvalue weighted by atomic mass is 16.4. The van der Waals surface area contributed by atoms with Gasteiger partial charge in [0, 0.05) is 18.5 Å². The van der Waals surface area contributed by atoms with E-state index in [0.717, 1.165) is 22.6 Å². The Kier molecular flexibility index (Phi) is 1.19. The van der Waals surface area contributed by atoms with Crippen LogP contribution in [0.15, 0.2) is 11.3 Å². The minimum absolute atomic E-state index is 0.497. The van der Waals surface area contributed by atoms with Crippen LogP contribution in [0.2, 0.25) is 0 Å². The third-order valence-corrected chi connectivity index (χ3v) is 2.24. The lowest BCUT2D eigenvalue weighted by Gasteiger charge is -2.21. The van der Waals surface area contributed by atoms with Crippen LogP contribution in [0, 0.1) is 0 Å². The van der Waals surface area contributed by atoms with Crippen molar-refractivity contribution in [1.82, 2.24) is 4.90 Å². The van der Waals surface area contributed by atoms with Crippen LogP contribution in [0.25, 0.3) is 0 Å². The van der Waals surface area contributed by atoms with Crippen molar-refractivity contribution < 1.29 is 14.7 Å². The number of rotatable bonds is 1. The molecular formula is C7H8N2O3. The number of nitrogens with two attached hydrogens (primary N) is 1. The predicted octanol–water partition coefficient (Wildman–Crippen LogP) is -0.118. The molecule has 0 saturated carbocycles. The maximum absolute atomic E-state index is 10.8. The van der Waals surface area contributed by atoms with E-state index in [-0.39, 0.29) is 0 Å². The smallest absolute Gasteiger partial charge is 0.412 e. The zero-order chi connectivity index (χ0) is 8.88. The Morgan fingerprint density at radius 1 is 1.58 bits per heavy atom. The molecule has 12 heavy (non-hydrogen) atoms. The molecule has 0 unspecified atom stereocenters. The van der Waals surface area contributed by atoms with Gasteiger partial charge in [0.1, 0.15) is 6.04 Å². The lowest BCUT2D eigenvalue weighted by molar-refractivity contribution is -0.121. The third kappa shape index (κ3) is 0.792. The Bertz CT molecular complexity index is 308. The first-order chi connectivity index (χ1) is 5.61. The molecule has 5 nitrogen and oxygen atoms in total. The Labute approximate surface area is 68.4 Å². The van der Waals surface area contributed by atoms with Crippen LogP contribution in [0.4, 0.5) is 4.79 Å². The van der Waals surface area contributed by atoms with Crippen molar-refractivity contribution in [3.63, 3.8) is 0 Å². The van der Waals surface area contributed by atoms with Crippen LogP contribution < -0.4 is 5.73 Å². The number of hydrogen-bond acceptors (Lipinski definition) is 2. The van der Waals surface area contributed by atoms with Gasteiger partial charge in [-0.2, -0.15) is 0 Å². The van der Waals surface area contributed by atoms with Gasteiger partial charge in [-0.1, -0.05) is 0 Å². The van der Waals surface area contributed by atoms with Gasteiger partial charge < -0.3 is 10.8 Å². The Morgan fingerprint density at radius 2 is 2.25 bits per heavy atom. The number of allylic oxidation sites excluding steroid dienone is 1. The first-order valence-electron chi connectivity index (χ1n) is 3.63. The molecule has 3 N–H and O–H groups in total. The van der Waals surface area contributed by atoms with E-state index in [1.54, 1.807) is 0 Å². The van der Waals surface area contributed by atoms with Gasteiger partial charge >= 0.3 is 6.09 Å². The molecule has 2 amide bonds. The highest BCUT2D eigenvalue weighted by Crippen LogP contribution is 2.45. The molecular weight excluding hydrogens is 160 g/mol. The zero-order valence-corrected chi connectivity index (χ0v) is 6.28. The lowest BCUT2D eigenvalue weighted by atomic mass is 10.1. The summed E-state index contributed by atoms with van der Waals surface area (Å²) in [7, 11) is 0. The summed E-state index contributed by atoms with van der Waals surface area (Å²) < 4.78 is 0. The van der Waals surface area contributed by atoms with Crippen molar-refractivity contribution in [3.8, 4) is 0 Å².